The fraction of sp³-hybridized carbons (Fsp3) is 0.625. The van der Waals surface area contributed by atoms with Crippen molar-refractivity contribution in [3.8, 4) is 0 Å². The van der Waals surface area contributed by atoms with E-state index in [0.29, 0.717) is 32.5 Å². The predicted molar refractivity (Wildman–Crippen MR) is 123 cm³/mol. The van der Waals surface area contributed by atoms with Gasteiger partial charge in [0.15, 0.2) is 0 Å². The summed E-state index contributed by atoms with van der Waals surface area (Å²) in [6, 6.07) is 8.31. The molecule has 3 atom stereocenters. The summed E-state index contributed by atoms with van der Waals surface area (Å²) in [5, 5.41) is 17.9. The minimum absolute atomic E-state index is 0.0511. The zero-order valence-electron chi connectivity index (χ0n) is 19.8. The van der Waals surface area contributed by atoms with Gasteiger partial charge in [-0.2, -0.15) is 0 Å². The van der Waals surface area contributed by atoms with E-state index in [1.807, 2.05) is 16.5 Å². The van der Waals surface area contributed by atoms with Crippen molar-refractivity contribution in [1.82, 2.24) is 24.8 Å². The molecular formula is C24H37N5O3. The topological polar surface area (TPSA) is 83.7 Å². The second-order valence-corrected chi connectivity index (χ2v) is 9.14. The third-order valence-corrected chi connectivity index (χ3v) is 6.17. The number of aromatic nitrogens is 3. The molecule has 1 aliphatic rings. The summed E-state index contributed by atoms with van der Waals surface area (Å²) in [6.07, 6.45) is 2.76. The van der Waals surface area contributed by atoms with Crippen LogP contribution in [0.4, 0.5) is 0 Å². The van der Waals surface area contributed by atoms with Crippen LogP contribution in [0.15, 0.2) is 30.5 Å². The average Bonchev–Trinajstić information content (AvgIpc) is 3.20. The Bertz CT molecular complexity index is 871. The van der Waals surface area contributed by atoms with Crippen LogP contribution in [-0.2, 0) is 29.2 Å². The molecule has 0 radical (unpaired) electrons. The maximum Gasteiger partial charge on any atom is 0.222 e. The van der Waals surface area contributed by atoms with Crippen LogP contribution >= 0.6 is 0 Å². The minimum atomic E-state index is -0.222. The zero-order valence-corrected chi connectivity index (χ0v) is 19.8. The molecule has 0 bridgehead atoms. The molecule has 2 heterocycles. The summed E-state index contributed by atoms with van der Waals surface area (Å²) in [4.78, 5) is 17.0. The SMILES string of the molecule is Cc1cccc(CN(C)C[C@@H]2OCc3cnnn3CCCC(=O)N([C@@H](C)CO)C[C@H]2C)c1. The first-order valence-electron chi connectivity index (χ1n) is 11.5. The number of benzene rings is 1. The van der Waals surface area contributed by atoms with Gasteiger partial charge < -0.3 is 14.7 Å². The normalized spacial score (nSPS) is 21.7. The lowest BCUT2D eigenvalue weighted by molar-refractivity contribution is -0.136. The summed E-state index contributed by atoms with van der Waals surface area (Å²) in [6.45, 7) is 9.24. The third-order valence-electron chi connectivity index (χ3n) is 6.17. The van der Waals surface area contributed by atoms with Gasteiger partial charge in [0.25, 0.3) is 0 Å². The summed E-state index contributed by atoms with van der Waals surface area (Å²) in [7, 11) is 2.10. The molecule has 1 aliphatic heterocycles. The molecule has 0 unspecified atom stereocenters. The van der Waals surface area contributed by atoms with Crippen LogP contribution in [0.5, 0.6) is 0 Å². The Balaban J connectivity index is 1.77. The second kappa shape index (κ2) is 11.5. The first kappa shape index (κ1) is 24.4. The summed E-state index contributed by atoms with van der Waals surface area (Å²) in [5.74, 6) is 0.157. The van der Waals surface area contributed by atoms with Gasteiger partial charge in [-0.3, -0.25) is 9.69 Å². The molecule has 0 saturated heterocycles. The Kier molecular flexibility index (Phi) is 8.78. The van der Waals surface area contributed by atoms with Crippen LogP contribution in [0.25, 0.3) is 0 Å². The van der Waals surface area contributed by atoms with Crippen molar-refractivity contribution in [2.75, 3.05) is 26.7 Å². The zero-order chi connectivity index (χ0) is 23.1. The molecule has 1 aromatic heterocycles. The van der Waals surface area contributed by atoms with Crippen molar-refractivity contribution >= 4 is 5.91 Å². The van der Waals surface area contributed by atoms with E-state index in [1.165, 1.54) is 11.1 Å². The van der Waals surface area contributed by atoms with Crippen LogP contribution in [0.2, 0.25) is 0 Å². The molecule has 0 aliphatic carbocycles. The molecule has 3 rings (SSSR count). The lowest BCUT2D eigenvalue weighted by atomic mass is 10.0. The quantitative estimate of drug-likeness (QED) is 0.737. The number of likely N-dealkylation sites (N-methyl/N-ethyl adjacent to an activating group) is 1. The Hall–Kier alpha value is -2.29. The number of carbonyl (C=O) groups is 1. The molecule has 1 amide bonds. The van der Waals surface area contributed by atoms with E-state index in [-0.39, 0.29) is 30.6 Å². The van der Waals surface area contributed by atoms with Gasteiger partial charge >= 0.3 is 0 Å². The molecule has 2 aromatic rings. The van der Waals surface area contributed by atoms with Crippen LogP contribution in [0.1, 0.15) is 43.5 Å². The number of amides is 1. The van der Waals surface area contributed by atoms with Gasteiger partial charge in [-0.25, -0.2) is 4.68 Å². The highest BCUT2D eigenvalue weighted by atomic mass is 16.5. The van der Waals surface area contributed by atoms with E-state index in [1.54, 1.807) is 6.20 Å². The fourth-order valence-corrected chi connectivity index (χ4v) is 4.24. The number of carbonyl (C=O) groups excluding carboxylic acids is 1. The van der Waals surface area contributed by atoms with Gasteiger partial charge in [-0.1, -0.05) is 42.0 Å². The summed E-state index contributed by atoms with van der Waals surface area (Å²) < 4.78 is 8.22. The van der Waals surface area contributed by atoms with Gasteiger partial charge in [0.2, 0.25) is 5.91 Å². The van der Waals surface area contributed by atoms with Gasteiger partial charge in [-0.05, 0) is 32.9 Å². The van der Waals surface area contributed by atoms with Crippen molar-refractivity contribution in [2.45, 2.75) is 65.5 Å². The number of hydrogen-bond acceptors (Lipinski definition) is 6. The van der Waals surface area contributed by atoms with Crippen LogP contribution < -0.4 is 0 Å². The Labute approximate surface area is 191 Å². The summed E-state index contributed by atoms with van der Waals surface area (Å²) >= 11 is 0. The maximum absolute atomic E-state index is 12.9. The van der Waals surface area contributed by atoms with Crippen molar-refractivity contribution in [3.63, 3.8) is 0 Å². The average molecular weight is 444 g/mol. The molecule has 32 heavy (non-hydrogen) atoms. The number of aliphatic hydroxyl groups is 1. The monoisotopic (exact) mass is 443 g/mol. The number of aliphatic hydroxyl groups excluding tert-OH is 1. The Morgan fingerprint density at radius 1 is 1.38 bits per heavy atom. The molecule has 8 nitrogen and oxygen atoms in total. The van der Waals surface area contributed by atoms with E-state index < -0.39 is 0 Å². The second-order valence-electron chi connectivity index (χ2n) is 9.14. The lowest BCUT2D eigenvalue weighted by Gasteiger charge is -2.35. The van der Waals surface area contributed by atoms with E-state index in [9.17, 15) is 9.90 Å². The standard InChI is InChI=1S/C24H37N5O3/c1-18-7-5-8-21(11-18)14-27(4)15-23-19(2)13-28(20(3)16-30)24(31)9-6-10-29-22(17-32-23)12-25-26-29/h5,7-8,11-12,19-20,23,30H,6,9-10,13-17H2,1-4H3/t19-,20+,23+/m1/s1. The van der Waals surface area contributed by atoms with E-state index >= 15 is 0 Å². The highest BCUT2D eigenvalue weighted by molar-refractivity contribution is 5.76. The Morgan fingerprint density at radius 3 is 2.94 bits per heavy atom. The molecule has 1 aromatic carbocycles. The van der Waals surface area contributed by atoms with Crippen molar-refractivity contribution < 1.29 is 14.6 Å². The van der Waals surface area contributed by atoms with E-state index in [4.69, 9.17) is 4.74 Å². The molecule has 8 heteroatoms. The molecule has 0 saturated carbocycles. The number of rotatable bonds is 6. The number of ether oxygens (including phenoxy) is 1. The molecular weight excluding hydrogens is 406 g/mol. The highest BCUT2D eigenvalue weighted by Gasteiger charge is 2.28. The maximum atomic E-state index is 12.9. The Morgan fingerprint density at radius 2 is 2.19 bits per heavy atom. The van der Waals surface area contributed by atoms with E-state index in [2.05, 4.69) is 60.4 Å². The number of hydrogen-bond donors (Lipinski definition) is 1. The lowest BCUT2D eigenvalue weighted by Crippen LogP contribution is -2.47. The smallest absolute Gasteiger partial charge is 0.222 e. The van der Waals surface area contributed by atoms with Crippen LogP contribution in [0, 0.1) is 12.8 Å². The number of nitrogens with zero attached hydrogens (tertiary/aromatic N) is 5. The van der Waals surface area contributed by atoms with Gasteiger partial charge in [0, 0.05) is 38.5 Å². The van der Waals surface area contributed by atoms with E-state index in [0.717, 1.165) is 18.8 Å². The third kappa shape index (κ3) is 6.60. The molecule has 0 spiro atoms. The van der Waals surface area contributed by atoms with Gasteiger partial charge in [0.05, 0.1) is 37.3 Å². The first-order chi connectivity index (χ1) is 15.4. The highest BCUT2D eigenvalue weighted by Crippen LogP contribution is 2.19. The van der Waals surface area contributed by atoms with Crippen LogP contribution in [0.3, 0.4) is 0 Å². The molecule has 0 fully saturated rings. The summed E-state index contributed by atoms with van der Waals surface area (Å²) in [5.41, 5.74) is 3.44. The largest absolute Gasteiger partial charge is 0.394 e. The molecule has 1 N–H and O–H groups in total. The van der Waals surface area contributed by atoms with Gasteiger partial charge in [0.1, 0.15) is 0 Å². The van der Waals surface area contributed by atoms with Crippen molar-refractivity contribution in [2.24, 2.45) is 5.92 Å². The number of aryl methyl sites for hydroxylation is 2. The predicted octanol–water partition coefficient (Wildman–Crippen LogP) is 2.24. The number of fused-ring (bicyclic) bond motifs is 1. The molecule has 176 valence electrons. The van der Waals surface area contributed by atoms with Crippen molar-refractivity contribution in [3.05, 3.63) is 47.3 Å². The minimum Gasteiger partial charge on any atom is -0.394 e. The fourth-order valence-electron chi connectivity index (χ4n) is 4.24. The van der Waals surface area contributed by atoms with Gasteiger partial charge in [-0.15, -0.1) is 5.10 Å². The first-order valence-corrected chi connectivity index (χ1v) is 11.5. The van der Waals surface area contributed by atoms with Crippen LogP contribution in [-0.4, -0.2) is 74.7 Å². The van der Waals surface area contributed by atoms with Crippen molar-refractivity contribution in [1.29, 1.82) is 0 Å².